The highest BCUT2D eigenvalue weighted by Crippen LogP contribution is 2.49. The maximum Gasteiger partial charge on any atom is 0.420 e. The highest BCUT2D eigenvalue weighted by atomic mass is 19.4. The summed E-state index contributed by atoms with van der Waals surface area (Å²) in [5.74, 6) is -6.92. The fourth-order valence-electron chi connectivity index (χ4n) is 3.39. The molecule has 0 heterocycles. The average molecular weight is 562 g/mol. The van der Waals surface area contributed by atoms with Crippen LogP contribution in [0.4, 0.5) is 26.3 Å². The van der Waals surface area contributed by atoms with Crippen molar-refractivity contribution in [2.45, 2.75) is 12.4 Å². The van der Waals surface area contributed by atoms with E-state index in [0.717, 1.165) is 60.7 Å². The second-order valence-electron chi connectivity index (χ2n) is 7.88. The first kappa shape index (κ1) is 29.6. The summed E-state index contributed by atoms with van der Waals surface area (Å²) < 4.78 is 93.0. The maximum atomic E-state index is 13.9. The Morgan fingerprint density at radius 1 is 0.525 bits per heavy atom. The highest BCUT2D eigenvalue weighted by molar-refractivity contribution is 6.05. The van der Waals surface area contributed by atoms with Crippen molar-refractivity contribution in [3.63, 3.8) is 0 Å². The standard InChI is InChI=1S/C28H16F6O6/c1-3-19(35)15-5-9-17(10-6-15)25(37)39-21-13-14-22(24(28(32,33)34)23(21)27(29,30)31)40-26(38)18-11-7-16(8-12-18)20(36)4-2/h3-14H,1-2H2. The molecule has 6 nitrogen and oxygen atoms in total. The molecule has 0 fully saturated rings. The van der Waals surface area contributed by atoms with Crippen molar-refractivity contribution in [3.05, 3.63) is 119 Å². The van der Waals surface area contributed by atoms with Crippen LogP contribution in [-0.2, 0) is 12.4 Å². The minimum absolute atomic E-state index is 0.0926. The Bertz CT molecular complexity index is 1390. The molecule has 0 aliphatic heterocycles. The molecule has 0 bridgehead atoms. The quantitative estimate of drug-likeness (QED) is 0.0976. The molecular formula is C28H16F6O6. The molecule has 0 radical (unpaired) electrons. The van der Waals surface area contributed by atoms with E-state index in [-0.39, 0.29) is 22.3 Å². The first-order valence-electron chi connectivity index (χ1n) is 11.0. The van der Waals surface area contributed by atoms with Gasteiger partial charge in [0, 0.05) is 11.1 Å². The minimum Gasteiger partial charge on any atom is -0.422 e. The van der Waals surface area contributed by atoms with Gasteiger partial charge in [0.05, 0.1) is 11.1 Å². The van der Waals surface area contributed by atoms with Gasteiger partial charge in [-0.3, -0.25) is 9.59 Å². The van der Waals surface area contributed by atoms with Gasteiger partial charge in [-0.1, -0.05) is 37.4 Å². The number of ketones is 2. The van der Waals surface area contributed by atoms with E-state index >= 15 is 0 Å². The summed E-state index contributed by atoms with van der Waals surface area (Å²) in [4.78, 5) is 48.1. The number of hydrogen-bond donors (Lipinski definition) is 0. The number of carbonyl (C=O) groups is 4. The van der Waals surface area contributed by atoms with E-state index in [2.05, 4.69) is 22.6 Å². The third kappa shape index (κ3) is 6.52. The Morgan fingerprint density at radius 3 is 1.05 bits per heavy atom. The monoisotopic (exact) mass is 562 g/mol. The van der Waals surface area contributed by atoms with Crippen molar-refractivity contribution in [2.75, 3.05) is 0 Å². The highest BCUT2D eigenvalue weighted by Gasteiger charge is 2.49. The lowest BCUT2D eigenvalue weighted by atomic mass is 10.0. The minimum atomic E-state index is -5.71. The van der Waals surface area contributed by atoms with Crippen LogP contribution in [0.1, 0.15) is 52.6 Å². The Hall–Kier alpha value is -5.00. The Balaban J connectivity index is 2.02. The maximum absolute atomic E-state index is 13.9. The second kappa shape index (κ2) is 11.4. The van der Waals surface area contributed by atoms with E-state index in [9.17, 15) is 45.5 Å². The van der Waals surface area contributed by atoms with E-state index in [1.807, 2.05) is 0 Å². The number of ether oxygens (including phenoxy) is 2. The zero-order valence-electron chi connectivity index (χ0n) is 20.1. The van der Waals surface area contributed by atoms with E-state index in [4.69, 9.17) is 0 Å². The number of hydrogen-bond acceptors (Lipinski definition) is 6. The van der Waals surface area contributed by atoms with Gasteiger partial charge in [0.25, 0.3) is 0 Å². The van der Waals surface area contributed by atoms with Crippen molar-refractivity contribution < 1.29 is 55.0 Å². The van der Waals surface area contributed by atoms with Crippen LogP contribution in [-0.4, -0.2) is 23.5 Å². The third-order valence-electron chi connectivity index (χ3n) is 5.28. The zero-order chi connectivity index (χ0) is 29.8. The van der Waals surface area contributed by atoms with Gasteiger partial charge >= 0.3 is 24.3 Å². The van der Waals surface area contributed by atoms with E-state index in [0.29, 0.717) is 12.1 Å². The summed E-state index contributed by atoms with van der Waals surface area (Å²) in [7, 11) is 0. The molecule has 0 atom stereocenters. The molecule has 0 aliphatic rings. The second-order valence-corrected chi connectivity index (χ2v) is 7.88. The zero-order valence-corrected chi connectivity index (χ0v) is 20.1. The van der Waals surface area contributed by atoms with Crippen LogP contribution in [0.3, 0.4) is 0 Å². The molecule has 0 N–H and O–H groups in total. The average Bonchev–Trinajstić information content (AvgIpc) is 2.91. The van der Waals surface area contributed by atoms with Crippen LogP contribution in [0.25, 0.3) is 0 Å². The molecule has 3 aromatic rings. The van der Waals surface area contributed by atoms with Crippen molar-refractivity contribution >= 4 is 23.5 Å². The van der Waals surface area contributed by atoms with Crippen LogP contribution in [0.5, 0.6) is 11.5 Å². The van der Waals surface area contributed by atoms with E-state index in [1.54, 1.807) is 0 Å². The Morgan fingerprint density at radius 2 is 0.800 bits per heavy atom. The normalized spacial score (nSPS) is 11.3. The topological polar surface area (TPSA) is 86.7 Å². The van der Waals surface area contributed by atoms with Crippen LogP contribution in [0.15, 0.2) is 86.0 Å². The molecule has 0 saturated carbocycles. The van der Waals surface area contributed by atoms with Gasteiger partial charge in [-0.15, -0.1) is 0 Å². The van der Waals surface area contributed by atoms with Gasteiger partial charge in [-0.05, 0) is 48.6 Å². The van der Waals surface area contributed by atoms with Gasteiger partial charge in [0.15, 0.2) is 11.6 Å². The van der Waals surface area contributed by atoms with Crippen molar-refractivity contribution in [2.24, 2.45) is 0 Å². The first-order valence-corrected chi connectivity index (χ1v) is 11.0. The fourth-order valence-corrected chi connectivity index (χ4v) is 3.39. The summed E-state index contributed by atoms with van der Waals surface area (Å²) in [6.45, 7) is 6.56. The summed E-state index contributed by atoms with van der Waals surface area (Å²) in [6, 6.07) is 9.51. The molecule has 0 spiro atoms. The lowest BCUT2D eigenvalue weighted by Crippen LogP contribution is -2.22. The molecule has 0 unspecified atom stereocenters. The smallest absolute Gasteiger partial charge is 0.420 e. The molecule has 0 aliphatic carbocycles. The number of allylic oxidation sites excluding steroid dienone is 2. The predicted octanol–water partition coefficient (Wildman–Crippen LogP) is 6.90. The first-order chi connectivity index (χ1) is 18.7. The molecule has 0 aromatic heterocycles. The van der Waals surface area contributed by atoms with Gasteiger partial charge in [0.2, 0.25) is 0 Å². The number of benzene rings is 3. The van der Waals surface area contributed by atoms with Crippen LogP contribution < -0.4 is 9.47 Å². The number of alkyl halides is 6. The van der Waals surface area contributed by atoms with Gasteiger partial charge in [0.1, 0.15) is 22.6 Å². The van der Waals surface area contributed by atoms with Gasteiger partial charge in [-0.2, -0.15) is 26.3 Å². The fraction of sp³-hybridized carbons (Fsp3) is 0.0714. The SMILES string of the molecule is C=CC(=O)c1ccc(C(=O)Oc2ccc(OC(=O)c3ccc(C(=O)C=C)cc3)c(C(F)(F)F)c2C(F)(F)F)cc1. The lowest BCUT2D eigenvalue weighted by Gasteiger charge is -2.21. The summed E-state index contributed by atoms with van der Waals surface area (Å²) >= 11 is 0. The largest absolute Gasteiger partial charge is 0.422 e. The van der Waals surface area contributed by atoms with Crippen molar-refractivity contribution in [1.82, 2.24) is 0 Å². The van der Waals surface area contributed by atoms with Crippen molar-refractivity contribution in [3.8, 4) is 11.5 Å². The lowest BCUT2D eigenvalue weighted by molar-refractivity contribution is -0.163. The molecule has 206 valence electrons. The molecule has 40 heavy (non-hydrogen) atoms. The van der Waals surface area contributed by atoms with Gasteiger partial charge < -0.3 is 9.47 Å². The van der Waals surface area contributed by atoms with E-state index < -0.39 is 58.5 Å². The molecular weight excluding hydrogens is 546 g/mol. The number of halogens is 6. The molecule has 0 saturated heterocycles. The van der Waals surface area contributed by atoms with Crippen molar-refractivity contribution in [1.29, 1.82) is 0 Å². The van der Waals surface area contributed by atoms with Crippen LogP contribution >= 0.6 is 0 Å². The molecule has 3 rings (SSSR count). The third-order valence-corrected chi connectivity index (χ3v) is 5.28. The number of carbonyl (C=O) groups excluding carboxylic acids is 4. The van der Waals surface area contributed by atoms with Gasteiger partial charge in [-0.25, -0.2) is 9.59 Å². The Labute approximate surface area is 222 Å². The van der Waals surface area contributed by atoms with E-state index in [1.165, 1.54) is 0 Å². The number of esters is 2. The summed E-state index contributed by atoms with van der Waals surface area (Å²) in [5, 5.41) is 0. The number of rotatable bonds is 8. The summed E-state index contributed by atoms with van der Waals surface area (Å²) in [6.07, 6.45) is -9.46. The summed E-state index contributed by atoms with van der Waals surface area (Å²) in [5.41, 5.74) is -5.34. The molecule has 0 amide bonds. The molecule has 3 aromatic carbocycles. The molecule has 12 heteroatoms. The van der Waals surface area contributed by atoms with Crippen LogP contribution in [0, 0.1) is 0 Å². The Kier molecular flexibility index (Phi) is 8.42. The predicted molar refractivity (Wildman–Crippen MR) is 128 cm³/mol. The van der Waals surface area contributed by atoms with Crippen LogP contribution in [0.2, 0.25) is 0 Å².